The summed E-state index contributed by atoms with van der Waals surface area (Å²) in [5.74, 6) is 0. The van der Waals surface area contributed by atoms with Crippen molar-refractivity contribution in [1.82, 2.24) is 3.11 Å². The minimum absolute atomic E-state index is 0.149. The molecule has 0 aromatic rings. The van der Waals surface area contributed by atoms with Crippen LogP contribution < -0.4 is 0 Å². The van der Waals surface area contributed by atoms with Crippen molar-refractivity contribution in [3.05, 3.63) is 0 Å². The Kier molecular flexibility index (Phi) is 4.10. The highest BCUT2D eigenvalue weighted by molar-refractivity contribution is 14.1. The third kappa shape index (κ3) is 3.08. The maximum absolute atomic E-state index is 5.74. The van der Waals surface area contributed by atoms with Crippen LogP contribution in [0.25, 0.3) is 0 Å². The number of morpholine rings is 1. The van der Waals surface area contributed by atoms with Crippen molar-refractivity contribution in [2.45, 2.75) is 37.5 Å². The molecule has 5 heteroatoms. The van der Waals surface area contributed by atoms with Gasteiger partial charge in [0.1, 0.15) is 7.85 Å². The molecule has 2 radical (unpaired) electrons. The molecular weight excluding hydrogens is 292 g/mol. The summed E-state index contributed by atoms with van der Waals surface area (Å²) in [6, 6.07) is -0.157. The molecule has 1 heterocycles. The molecule has 14 heavy (non-hydrogen) atoms. The lowest BCUT2D eigenvalue weighted by atomic mass is 9.96. The lowest BCUT2D eigenvalue weighted by Crippen LogP contribution is -2.46. The van der Waals surface area contributed by atoms with Crippen LogP contribution in [0.3, 0.4) is 0 Å². The zero-order valence-electron chi connectivity index (χ0n) is 8.19. The highest BCUT2D eigenvalue weighted by atomic mass is 127. The third-order valence-electron chi connectivity index (χ3n) is 2.72. The van der Waals surface area contributed by atoms with Gasteiger partial charge in [0.2, 0.25) is 0 Å². The van der Waals surface area contributed by atoms with E-state index >= 15 is 0 Å². The topological polar surface area (TPSA) is 21.7 Å². The van der Waals surface area contributed by atoms with Crippen LogP contribution in [-0.4, -0.2) is 48.9 Å². The first-order chi connectivity index (χ1) is 6.74. The summed E-state index contributed by atoms with van der Waals surface area (Å²) >= 11 is 2.29. The SMILES string of the molecule is [B]C1CN(I)CC(COC2CCC2)O1. The summed E-state index contributed by atoms with van der Waals surface area (Å²) in [5, 5.41) is 0. The molecule has 78 valence electrons. The molecule has 0 amide bonds. The van der Waals surface area contributed by atoms with E-state index in [-0.39, 0.29) is 12.1 Å². The van der Waals surface area contributed by atoms with Crippen molar-refractivity contribution in [1.29, 1.82) is 0 Å². The van der Waals surface area contributed by atoms with E-state index in [1.54, 1.807) is 0 Å². The Balaban J connectivity index is 1.68. The number of hydrogen-bond donors (Lipinski definition) is 0. The molecule has 0 aromatic heterocycles. The van der Waals surface area contributed by atoms with Gasteiger partial charge in [0.15, 0.2) is 0 Å². The van der Waals surface area contributed by atoms with Gasteiger partial charge in [0, 0.05) is 42.0 Å². The zero-order valence-corrected chi connectivity index (χ0v) is 10.4. The average Bonchev–Trinajstić information content (AvgIpc) is 1.99. The van der Waals surface area contributed by atoms with E-state index in [2.05, 4.69) is 26.0 Å². The smallest absolute Gasteiger partial charge is 0.110 e. The van der Waals surface area contributed by atoms with Crippen molar-refractivity contribution < 1.29 is 9.47 Å². The van der Waals surface area contributed by atoms with Crippen molar-refractivity contribution in [3.8, 4) is 0 Å². The fourth-order valence-electron chi connectivity index (χ4n) is 1.70. The van der Waals surface area contributed by atoms with Gasteiger partial charge >= 0.3 is 0 Å². The minimum atomic E-state index is -0.157. The summed E-state index contributed by atoms with van der Waals surface area (Å²) in [6.45, 7) is 2.42. The summed E-state index contributed by atoms with van der Waals surface area (Å²) < 4.78 is 13.5. The number of hydrogen-bond acceptors (Lipinski definition) is 3. The lowest BCUT2D eigenvalue weighted by molar-refractivity contribution is -0.0932. The summed E-state index contributed by atoms with van der Waals surface area (Å²) in [4.78, 5) is 0. The van der Waals surface area contributed by atoms with Crippen molar-refractivity contribution in [3.63, 3.8) is 0 Å². The average molecular weight is 307 g/mol. The standard InChI is InChI=1S/C9H15BINO2/c10-9-5-12(11)4-8(14-9)6-13-7-2-1-3-7/h7-9H,1-6H2. The Bertz CT molecular complexity index is 182. The monoisotopic (exact) mass is 307 g/mol. The maximum Gasteiger partial charge on any atom is 0.110 e. The highest BCUT2D eigenvalue weighted by Crippen LogP contribution is 2.23. The van der Waals surface area contributed by atoms with E-state index in [0.29, 0.717) is 12.7 Å². The van der Waals surface area contributed by atoms with E-state index in [0.717, 1.165) is 13.1 Å². The Morgan fingerprint density at radius 2 is 2.21 bits per heavy atom. The van der Waals surface area contributed by atoms with E-state index in [1.165, 1.54) is 19.3 Å². The van der Waals surface area contributed by atoms with Crippen LogP contribution in [0.1, 0.15) is 19.3 Å². The molecule has 2 fully saturated rings. The number of ether oxygens (including phenoxy) is 2. The minimum Gasteiger partial charge on any atom is -0.380 e. The molecule has 2 aliphatic rings. The van der Waals surface area contributed by atoms with Gasteiger partial charge < -0.3 is 9.47 Å². The molecule has 1 saturated heterocycles. The Morgan fingerprint density at radius 3 is 2.79 bits per heavy atom. The molecule has 2 rings (SSSR count). The number of halogens is 1. The van der Waals surface area contributed by atoms with E-state index < -0.39 is 0 Å². The van der Waals surface area contributed by atoms with E-state index in [4.69, 9.17) is 17.3 Å². The molecule has 3 nitrogen and oxygen atoms in total. The van der Waals surface area contributed by atoms with Gasteiger partial charge in [0.25, 0.3) is 0 Å². The van der Waals surface area contributed by atoms with Crippen molar-refractivity contribution in [2.75, 3.05) is 19.7 Å². The molecule has 1 aliphatic carbocycles. The zero-order chi connectivity index (χ0) is 9.97. The first-order valence-corrected chi connectivity index (χ1v) is 6.14. The Labute approximate surface area is 100 Å². The fourth-order valence-corrected chi connectivity index (χ4v) is 2.52. The van der Waals surface area contributed by atoms with Gasteiger partial charge in [-0.25, -0.2) is 3.11 Å². The largest absolute Gasteiger partial charge is 0.380 e. The summed E-state index contributed by atoms with van der Waals surface area (Å²) in [6.07, 6.45) is 4.38. The first-order valence-electron chi connectivity index (χ1n) is 5.17. The number of nitrogens with zero attached hydrogens (tertiary/aromatic N) is 1. The van der Waals surface area contributed by atoms with Crippen molar-refractivity contribution >= 4 is 30.7 Å². The molecule has 0 N–H and O–H groups in total. The second-order valence-corrected chi connectivity index (χ2v) is 5.38. The molecule has 2 unspecified atom stereocenters. The van der Waals surface area contributed by atoms with Crippen LogP contribution in [0.15, 0.2) is 0 Å². The van der Waals surface area contributed by atoms with E-state index in [9.17, 15) is 0 Å². The van der Waals surface area contributed by atoms with Gasteiger partial charge in [-0.2, -0.15) is 0 Å². The molecule has 1 saturated carbocycles. The number of rotatable bonds is 3. The Hall–Kier alpha value is 0.675. The predicted octanol–water partition coefficient (Wildman–Crippen LogP) is 1.10. The normalized spacial score (nSPS) is 35.5. The van der Waals surface area contributed by atoms with Gasteiger partial charge in [-0.1, -0.05) is 0 Å². The second-order valence-electron chi connectivity index (χ2n) is 4.01. The third-order valence-corrected chi connectivity index (χ3v) is 3.50. The summed E-state index contributed by atoms with van der Waals surface area (Å²) in [5.41, 5.74) is 0. The van der Waals surface area contributed by atoms with E-state index in [1.807, 2.05) is 0 Å². The fraction of sp³-hybridized carbons (Fsp3) is 1.00. The lowest BCUT2D eigenvalue weighted by Gasteiger charge is -2.35. The van der Waals surface area contributed by atoms with Gasteiger partial charge in [-0.05, 0) is 19.3 Å². The molecule has 2 atom stereocenters. The van der Waals surface area contributed by atoms with Crippen LogP contribution >= 0.6 is 22.9 Å². The molecule has 0 aromatic carbocycles. The van der Waals surface area contributed by atoms with Crippen LogP contribution in [0, 0.1) is 0 Å². The molecule has 0 spiro atoms. The first kappa shape index (κ1) is 11.2. The van der Waals surface area contributed by atoms with Gasteiger partial charge in [0.05, 0.1) is 18.8 Å². The molecule has 0 bridgehead atoms. The summed E-state index contributed by atoms with van der Waals surface area (Å²) in [7, 11) is 5.74. The second kappa shape index (κ2) is 5.14. The molecular formula is C9H15BINO2. The molecule has 1 aliphatic heterocycles. The van der Waals surface area contributed by atoms with Crippen LogP contribution in [0.5, 0.6) is 0 Å². The maximum atomic E-state index is 5.74. The van der Waals surface area contributed by atoms with Crippen molar-refractivity contribution in [2.24, 2.45) is 0 Å². The van der Waals surface area contributed by atoms with Crippen LogP contribution in [0.2, 0.25) is 0 Å². The van der Waals surface area contributed by atoms with Crippen LogP contribution in [0.4, 0.5) is 0 Å². The van der Waals surface area contributed by atoms with Crippen LogP contribution in [-0.2, 0) is 9.47 Å². The van der Waals surface area contributed by atoms with Gasteiger partial charge in [-0.15, -0.1) is 0 Å². The van der Waals surface area contributed by atoms with Gasteiger partial charge in [-0.3, -0.25) is 0 Å². The quantitative estimate of drug-likeness (QED) is 0.443. The Morgan fingerprint density at radius 1 is 1.43 bits per heavy atom. The predicted molar refractivity (Wildman–Crippen MR) is 63.6 cm³/mol. The highest BCUT2D eigenvalue weighted by Gasteiger charge is 2.26.